The number of fused-ring (bicyclic) bond motifs is 1. The van der Waals surface area contributed by atoms with Gasteiger partial charge in [0.1, 0.15) is 0 Å². The summed E-state index contributed by atoms with van der Waals surface area (Å²) in [7, 11) is 2.09. The third kappa shape index (κ3) is 2.03. The second-order valence-corrected chi connectivity index (χ2v) is 4.56. The second kappa shape index (κ2) is 4.16. The van der Waals surface area contributed by atoms with Gasteiger partial charge in [-0.15, -0.1) is 0 Å². The van der Waals surface area contributed by atoms with Crippen LogP contribution < -0.4 is 4.90 Å². The van der Waals surface area contributed by atoms with Crippen molar-refractivity contribution < 1.29 is 9.90 Å². The molecule has 1 atom stereocenters. The highest BCUT2D eigenvalue weighted by atomic mass is 16.4. The average molecular weight is 219 g/mol. The van der Waals surface area contributed by atoms with Crippen LogP contribution in [-0.4, -0.2) is 24.7 Å². The first-order valence-electron chi connectivity index (χ1n) is 5.63. The zero-order valence-electron chi connectivity index (χ0n) is 9.73. The van der Waals surface area contributed by atoms with Crippen LogP contribution in [0.1, 0.15) is 30.4 Å². The largest absolute Gasteiger partial charge is 0.481 e. The van der Waals surface area contributed by atoms with E-state index in [0.717, 1.165) is 18.5 Å². The molecule has 86 valence electrons. The minimum absolute atomic E-state index is 0.0914. The summed E-state index contributed by atoms with van der Waals surface area (Å²) in [5.41, 5.74) is 3.76. The number of carboxylic acid groups (broad SMARTS) is 1. The Kier molecular flexibility index (Phi) is 2.86. The molecule has 3 heteroatoms. The van der Waals surface area contributed by atoms with Gasteiger partial charge in [-0.1, -0.05) is 19.1 Å². The highest BCUT2D eigenvalue weighted by Gasteiger charge is 2.18. The molecule has 1 aromatic carbocycles. The fraction of sp³-hybridized carbons (Fsp3) is 0.462. The molecule has 0 amide bonds. The molecule has 0 aromatic heterocycles. The van der Waals surface area contributed by atoms with E-state index in [-0.39, 0.29) is 12.3 Å². The first-order chi connectivity index (χ1) is 7.58. The predicted octanol–water partition coefficient (Wildman–Crippen LogP) is 2.26. The normalized spacial score (nSPS) is 16.0. The summed E-state index contributed by atoms with van der Waals surface area (Å²) in [5, 5.41) is 8.77. The molecule has 1 N–H and O–H groups in total. The maximum absolute atomic E-state index is 10.7. The van der Waals surface area contributed by atoms with Gasteiger partial charge in [-0.25, -0.2) is 0 Å². The molecule has 3 nitrogen and oxygen atoms in total. The minimum atomic E-state index is -0.731. The van der Waals surface area contributed by atoms with Gasteiger partial charge in [0.15, 0.2) is 0 Å². The van der Waals surface area contributed by atoms with E-state index >= 15 is 0 Å². The number of hydrogen-bond donors (Lipinski definition) is 1. The number of nitrogens with zero attached hydrogens (tertiary/aromatic N) is 1. The molecule has 16 heavy (non-hydrogen) atoms. The standard InChI is InChI=1S/C13H17NO2/c1-9(7-13(15)16)10-3-4-12-11(8-10)5-6-14(12)2/h3-4,8-9H,5-7H2,1-2H3,(H,15,16). The second-order valence-electron chi connectivity index (χ2n) is 4.56. The van der Waals surface area contributed by atoms with Crippen molar-refractivity contribution in [2.24, 2.45) is 0 Å². The molecule has 1 aromatic rings. The molecule has 0 aliphatic carbocycles. The molecule has 0 saturated carbocycles. The maximum atomic E-state index is 10.7. The number of anilines is 1. The van der Waals surface area contributed by atoms with E-state index in [1.165, 1.54) is 11.3 Å². The van der Waals surface area contributed by atoms with Gasteiger partial charge in [-0.2, -0.15) is 0 Å². The molecule has 2 rings (SSSR count). The Labute approximate surface area is 95.7 Å². The monoisotopic (exact) mass is 219 g/mol. The van der Waals surface area contributed by atoms with E-state index in [0.29, 0.717) is 0 Å². The van der Waals surface area contributed by atoms with Crippen molar-refractivity contribution in [2.45, 2.75) is 25.7 Å². The Bertz CT molecular complexity index is 414. The molecule has 0 saturated heterocycles. The number of benzene rings is 1. The summed E-state index contributed by atoms with van der Waals surface area (Å²) in [4.78, 5) is 12.9. The van der Waals surface area contributed by atoms with Gasteiger partial charge < -0.3 is 10.0 Å². The molecule has 1 aliphatic rings. The molecule has 0 radical (unpaired) electrons. The fourth-order valence-electron chi connectivity index (χ4n) is 2.27. The van der Waals surface area contributed by atoms with Crippen LogP contribution in [-0.2, 0) is 11.2 Å². The lowest BCUT2D eigenvalue weighted by atomic mass is 9.95. The van der Waals surface area contributed by atoms with Gasteiger partial charge in [0.05, 0.1) is 6.42 Å². The SMILES string of the molecule is CC(CC(=O)O)c1ccc2c(c1)CCN2C. The number of rotatable bonds is 3. The Hall–Kier alpha value is -1.51. The summed E-state index contributed by atoms with van der Waals surface area (Å²) in [6.07, 6.45) is 1.27. The van der Waals surface area contributed by atoms with Crippen LogP contribution in [0.3, 0.4) is 0 Å². The third-order valence-electron chi connectivity index (χ3n) is 3.28. The average Bonchev–Trinajstić information content (AvgIpc) is 2.59. The molecule has 1 unspecified atom stereocenters. The Morgan fingerprint density at radius 3 is 3.00 bits per heavy atom. The Morgan fingerprint density at radius 1 is 1.56 bits per heavy atom. The molecular weight excluding hydrogens is 202 g/mol. The van der Waals surface area contributed by atoms with Crippen LogP contribution in [0.15, 0.2) is 18.2 Å². The molecular formula is C13H17NO2. The zero-order valence-corrected chi connectivity index (χ0v) is 9.73. The summed E-state index contributed by atoms with van der Waals surface area (Å²) in [5.74, 6) is -0.640. The van der Waals surface area contributed by atoms with Gasteiger partial charge in [0.25, 0.3) is 0 Å². The van der Waals surface area contributed by atoms with Crippen LogP contribution in [0, 0.1) is 0 Å². The van der Waals surface area contributed by atoms with Crippen LogP contribution in [0.2, 0.25) is 0 Å². The lowest BCUT2D eigenvalue weighted by Gasteiger charge is -2.14. The van der Waals surface area contributed by atoms with Crippen LogP contribution in [0.4, 0.5) is 5.69 Å². The van der Waals surface area contributed by atoms with Gasteiger partial charge in [0, 0.05) is 19.3 Å². The highest BCUT2D eigenvalue weighted by molar-refractivity contribution is 5.68. The molecule has 0 fully saturated rings. The molecule has 1 aliphatic heterocycles. The minimum Gasteiger partial charge on any atom is -0.481 e. The van der Waals surface area contributed by atoms with Crippen molar-refractivity contribution in [1.29, 1.82) is 0 Å². The number of hydrogen-bond acceptors (Lipinski definition) is 2. The van der Waals surface area contributed by atoms with Crippen molar-refractivity contribution in [2.75, 3.05) is 18.5 Å². The first kappa shape index (κ1) is 11.0. The Balaban J connectivity index is 2.21. The summed E-state index contributed by atoms with van der Waals surface area (Å²) in [6, 6.07) is 6.32. The quantitative estimate of drug-likeness (QED) is 0.847. The third-order valence-corrected chi connectivity index (χ3v) is 3.28. The van der Waals surface area contributed by atoms with E-state index in [9.17, 15) is 4.79 Å². The zero-order chi connectivity index (χ0) is 11.7. The van der Waals surface area contributed by atoms with Crippen molar-refractivity contribution in [1.82, 2.24) is 0 Å². The number of carboxylic acids is 1. The predicted molar refractivity (Wildman–Crippen MR) is 64.1 cm³/mol. The maximum Gasteiger partial charge on any atom is 0.303 e. The van der Waals surface area contributed by atoms with Crippen molar-refractivity contribution in [3.05, 3.63) is 29.3 Å². The smallest absolute Gasteiger partial charge is 0.303 e. The molecule has 0 spiro atoms. The van der Waals surface area contributed by atoms with Gasteiger partial charge in [-0.3, -0.25) is 4.79 Å². The first-order valence-corrected chi connectivity index (χ1v) is 5.63. The van der Waals surface area contributed by atoms with Crippen LogP contribution >= 0.6 is 0 Å². The lowest BCUT2D eigenvalue weighted by molar-refractivity contribution is -0.137. The molecule has 1 heterocycles. The topological polar surface area (TPSA) is 40.5 Å². The van der Waals surface area contributed by atoms with E-state index in [2.05, 4.69) is 24.1 Å². The van der Waals surface area contributed by atoms with Crippen LogP contribution in [0.25, 0.3) is 0 Å². The number of likely N-dealkylation sites (N-methyl/N-ethyl adjacent to an activating group) is 1. The summed E-state index contributed by atoms with van der Waals surface area (Å²) in [6.45, 7) is 3.03. The van der Waals surface area contributed by atoms with Gasteiger partial charge in [0.2, 0.25) is 0 Å². The van der Waals surface area contributed by atoms with E-state index in [1.54, 1.807) is 0 Å². The fourth-order valence-corrected chi connectivity index (χ4v) is 2.27. The van der Waals surface area contributed by atoms with Crippen molar-refractivity contribution in [3.8, 4) is 0 Å². The van der Waals surface area contributed by atoms with E-state index in [4.69, 9.17) is 5.11 Å². The lowest BCUT2D eigenvalue weighted by Crippen LogP contribution is -2.12. The van der Waals surface area contributed by atoms with Crippen molar-refractivity contribution >= 4 is 11.7 Å². The summed E-state index contributed by atoms with van der Waals surface area (Å²) >= 11 is 0. The van der Waals surface area contributed by atoms with Crippen LogP contribution in [0.5, 0.6) is 0 Å². The van der Waals surface area contributed by atoms with Gasteiger partial charge in [-0.05, 0) is 29.5 Å². The number of aliphatic carboxylic acids is 1. The highest BCUT2D eigenvalue weighted by Crippen LogP contribution is 2.30. The Morgan fingerprint density at radius 2 is 2.31 bits per heavy atom. The van der Waals surface area contributed by atoms with Crippen molar-refractivity contribution in [3.63, 3.8) is 0 Å². The van der Waals surface area contributed by atoms with E-state index in [1.807, 2.05) is 13.0 Å². The van der Waals surface area contributed by atoms with Gasteiger partial charge >= 0.3 is 5.97 Å². The summed E-state index contributed by atoms with van der Waals surface area (Å²) < 4.78 is 0. The van der Waals surface area contributed by atoms with E-state index < -0.39 is 5.97 Å². The molecule has 0 bridgehead atoms. The number of carbonyl (C=O) groups is 1.